The Kier molecular flexibility index (Phi) is 6.44. The second kappa shape index (κ2) is 8.67. The van der Waals surface area contributed by atoms with Crippen molar-refractivity contribution in [3.8, 4) is 0 Å². The van der Waals surface area contributed by atoms with Crippen molar-refractivity contribution in [3.63, 3.8) is 0 Å². The molecule has 2 atom stereocenters. The highest BCUT2D eigenvalue weighted by molar-refractivity contribution is 5.07. The first-order chi connectivity index (χ1) is 13.6. The van der Waals surface area contributed by atoms with Crippen LogP contribution in [0.15, 0.2) is 18.2 Å². The van der Waals surface area contributed by atoms with E-state index in [0.29, 0.717) is 44.7 Å². The highest BCUT2D eigenvalue weighted by Crippen LogP contribution is 2.28. The molecule has 0 unspecified atom stereocenters. The number of aromatic nitrogens is 3. The maximum Gasteiger partial charge on any atom is 0.453 e. The molecule has 12 heteroatoms. The first-order valence-electron chi connectivity index (χ1n) is 8.82. The second-order valence-electron chi connectivity index (χ2n) is 6.79. The monoisotopic (exact) mass is 423 g/mol. The minimum absolute atomic E-state index is 0.0146. The number of hydrogen-bond acceptors (Lipinski definition) is 5. The van der Waals surface area contributed by atoms with Crippen LogP contribution in [0.5, 0.6) is 0 Å². The standard InChI is InChI=1S/C11H16F3N5O.C6H3F3/c12-11(13,14)10-16-9-4-18(1-2-19(9)17-10)8-3-7(15)5-20-6-8;7-4-1-2-5(8)6(9)3-4/h7-8H,1-6,15H2;1-3H/t7-,8+;/m0./s1. The molecule has 2 aromatic rings. The first-order valence-corrected chi connectivity index (χ1v) is 8.82. The summed E-state index contributed by atoms with van der Waals surface area (Å²) in [7, 11) is 0. The average Bonchev–Trinajstić information content (AvgIpc) is 3.09. The number of ether oxygens (including phenoxy) is 1. The van der Waals surface area contributed by atoms with Gasteiger partial charge in [-0.2, -0.15) is 13.2 Å². The van der Waals surface area contributed by atoms with Crippen molar-refractivity contribution in [1.82, 2.24) is 19.7 Å². The Labute approximate surface area is 162 Å². The highest BCUT2D eigenvalue weighted by atomic mass is 19.4. The SMILES string of the molecule is Fc1ccc(F)c(F)c1.N[C@@H]1COC[C@H](N2CCn3nc(C(F)(F)F)nc3C2)C1. The number of nitrogens with two attached hydrogens (primary N) is 1. The molecule has 2 N–H and O–H groups in total. The number of rotatable bonds is 1. The molecule has 2 aliphatic rings. The Morgan fingerprint density at radius 1 is 1.07 bits per heavy atom. The van der Waals surface area contributed by atoms with Crippen molar-refractivity contribution < 1.29 is 31.1 Å². The smallest absolute Gasteiger partial charge is 0.378 e. The lowest BCUT2D eigenvalue weighted by atomic mass is 10.0. The summed E-state index contributed by atoms with van der Waals surface area (Å²) >= 11 is 0. The summed E-state index contributed by atoms with van der Waals surface area (Å²) in [5.41, 5.74) is 5.85. The summed E-state index contributed by atoms with van der Waals surface area (Å²) in [6.07, 6.45) is -3.70. The molecule has 4 rings (SSSR count). The van der Waals surface area contributed by atoms with Gasteiger partial charge < -0.3 is 10.5 Å². The van der Waals surface area contributed by atoms with Crippen LogP contribution in [0.3, 0.4) is 0 Å². The van der Waals surface area contributed by atoms with Gasteiger partial charge in [0, 0.05) is 24.7 Å². The predicted octanol–water partition coefficient (Wildman–Crippen LogP) is 2.33. The van der Waals surface area contributed by atoms with E-state index in [0.717, 1.165) is 18.6 Å². The van der Waals surface area contributed by atoms with E-state index < -0.39 is 29.5 Å². The van der Waals surface area contributed by atoms with Gasteiger partial charge in [0.15, 0.2) is 11.6 Å². The van der Waals surface area contributed by atoms with Crippen molar-refractivity contribution in [2.24, 2.45) is 5.73 Å². The van der Waals surface area contributed by atoms with Gasteiger partial charge in [0.05, 0.1) is 26.3 Å². The molecule has 0 spiro atoms. The lowest BCUT2D eigenvalue weighted by molar-refractivity contribution is -0.145. The van der Waals surface area contributed by atoms with Crippen molar-refractivity contribution in [2.45, 2.75) is 37.8 Å². The normalized spacial score (nSPS) is 22.6. The fraction of sp³-hybridized carbons (Fsp3) is 0.529. The molecule has 6 nitrogen and oxygen atoms in total. The van der Waals surface area contributed by atoms with Crippen LogP contribution in [-0.2, 0) is 24.0 Å². The lowest BCUT2D eigenvalue weighted by Gasteiger charge is -2.37. The molecule has 1 aromatic heterocycles. The van der Waals surface area contributed by atoms with Gasteiger partial charge in [-0.25, -0.2) is 22.8 Å². The van der Waals surface area contributed by atoms with Gasteiger partial charge in [-0.05, 0) is 18.6 Å². The number of fused-ring (bicyclic) bond motifs is 1. The summed E-state index contributed by atoms with van der Waals surface area (Å²) in [4.78, 5) is 5.67. The number of nitrogens with zero attached hydrogens (tertiary/aromatic N) is 4. The molecule has 0 amide bonds. The fourth-order valence-corrected chi connectivity index (χ4v) is 3.15. The van der Waals surface area contributed by atoms with Crippen LogP contribution in [0.1, 0.15) is 18.1 Å². The van der Waals surface area contributed by atoms with E-state index in [2.05, 4.69) is 15.0 Å². The summed E-state index contributed by atoms with van der Waals surface area (Å²) < 4.78 is 80.4. The Morgan fingerprint density at radius 2 is 1.83 bits per heavy atom. The largest absolute Gasteiger partial charge is 0.453 e. The van der Waals surface area contributed by atoms with Gasteiger partial charge in [0.2, 0.25) is 0 Å². The van der Waals surface area contributed by atoms with Crippen LogP contribution in [0, 0.1) is 17.5 Å². The third-order valence-corrected chi connectivity index (χ3v) is 4.56. The zero-order valence-electron chi connectivity index (χ0n) is 15.2. The van der Waals surface area contributed by atoms with E-state index in [1.54, 1.807) is 0 Å². The van der Waals surface area contributed by atoms with Crippen LogP contribution < -0.4 is 5.73 Å². The van der Waals surface area contributed by atoms with Crippen molar-refractivity contribution in [3.05, 3.63) is 47.3 Å². The Balaban J connectivity index is 0.000000224. The van der Waals surface area contributed by atoms with E-state index in [1.807, 2.05) is 0 Å². The number of hydrogen-bond donors (Lipinski definition) is 1. The van der Waals surface area contributed by atoms with E-state index in [4.69, 9.17) is 10.5 Å². The number of benzene rings is 1. The Morgan fingerprint density at radius 3 is 2.45 bits per heavy atom. The van der Waals surface area contributed by atoms with Gasteiger partial charge in [0.25, 0.3) is 5.82 Å². The highest BCUT2D eigenvalue weighted by Gasteiger charge is 2.38. The van der Waals surface area contributed by atoms with E-state index in [1.165, 1.54) is 4.68 Å². The van der Waals surface area contributed by atoms with Crippen LogP contribution in [-0.4, -0.2) is 51.5 Å². The molecule has 1 aromatic carbocycles. The van der Waals surface area contributed by atoms with E-state index in [9.17, 15) is 26.3 Å². The number of halogens is 6. The summed E-state index contributed by atoms with van der Waals surface area (Å²) in [6.45, 7) is 2.50. The third kappa shape index (κ3) is 5.46. The van der Waals surface area contributed by atoms with Crippen molar-refractivity contribution in [1.29, 1.82) is 0 Å². The molecule has 2 aliphatic heterocycles. The molecule has 29 heavy (non-hydrogen) atoms. The van der Waals surface area contributed by atoms with Crippen molar-refractivity contribution in [2.75, 3.05) is 19.8 Å². The average molecular weight is 423 g/mol. The molecule has 0 bridgehead atoms. The van der Waals surface area contributed by atoms with Gasteiger partial charge in [-0.1, -0.05) is 0 Å². The first kappa shape index (κ1) is 21.5. The molecule has 160 valence electrons. The molecule has 3 heterocycles. The molecular formula is C17H19F6N5O. The maximum atomic E-state index is 12.6. The topological polar surface area (TPSA) is 69.2 Å². The number of alkyl halides is 3. The minimum atomic E-state index is -4.49. The summed E-state index contributed by atoms with van der Waals surface area (Å²) in [6, 6.07) is 2.22. The molecule has 0 radical (unpaired) electrons. The minimum Gasteiger partial charge on any atom is -0.378 e. The summed E-state index contributed by atoms with van der Waals surface area (Å²) in [5, 5.41) is 3.51. The molecule has 1 saturated heterocycles. The van der Waals surface area contributed by atoms with Gasteiger partial charge in [-0.3, -0.25) is 4.90 Å². The molecular weight excluding hydrogens is 404 g/mol. The summed E-state index contributed by atoms with van der Waals surface area (Å²) in [5.74, 6) is -3.67. The fourth-order valence-electron chi connectivity index (χ4n) is 3.15. The maximum absolute atomic E-state index is 12.6. The van der Waals surface area contributed by atoms with Crippen LogP contribution in [0.2, 0.25) is 0 Å². The van der Waals surface area contributed by atoms with Gasteiger partial charge in [0.1, 0.15) is 11.6 Å². The Bertz CT molecular complexity index is 842. The zero-order valence-corrected chi connectivity index (χ0v) is 15.2. The lowest BCUT2D eigenvalue weighted by Crippen LogP contribution is -2.50. The molecule has 0 saturated carbocycles. The third-order valence-electron chi connectivity index (χ3n) is 4.56. The molecule has 1 fully saturated rings. The van der Waals surface area contributed by atoms with E-state index >= 15 is 0 Å². The van der Waals surface area contributed by atoms with Crippen LogP contribution in [0.4, 0.5) is 26.3 Å². The van der Waals surface area contributed by atoms with Crippen molar-refractivity contribution >= 4 is 0 Å². The second-order valence-corrected chi connectivity index (χ2v) is 6.79. The Hall–Kier alpha value is -2.18. The van der Waals surface area contributed by atoms with Gasteiger partial charge >= 0.3 is 6.18 Å². The quantitative estimate of drug-likeness (QED) is 0.563. The predicted molar refractivity (Wildman–Crippen MR) is 88.9 cm³/mol. The van der Waals surface area contributed by atoms with E-state index in [-0.39, 0.29) is 12.1 Å². The van der Waals surface area contributed by atoms with Crippen LogP contribution >= 0.6 is 0 Å². The molecule has 0 aliphatic carbocycles. The van der Waals surface area contributed by atoms with Crippen LogP contribution in [0.25, 0.3) is 0 Å². The zero-order chi connectivity index (χ0) is 21.2. The van der Waals surface area contributed by atoms with Gasteiger partial charge in [-0.15, -0.1) is 5.10 Å².